The van der Waals surface area contributed by atoms with Crippen molar-refractivity contribution in [1.82, 2.24) is 0 Å². The van der Waals surface area contributed by atoms with Gasteiger partial charge < -0.3 is 9.73 Å². The molecule has 0 spiro atoms. The standard InChI is InChI=1S/C18H18BrNO/c1-11-8-9-14(19)10-16(11)20-13(3)18-12(2)15-6-4-5-7-17(15)21-18/h4-10,13,20H,1-3H3. The zero-order valence-electron chi connectivity index (χ0n) is 12.4. The molecule has 0 aliphatic heterocycles. The number of para-hydroxylation sites is 1. The molecule has 0 saturated carbocycles. The Morgan fingerprint density at radius 1 is 1.10 bits per heavy atom. The number of benzene rings is 2. The lowest BCUT2D eigenvalue weighted by molar-refractivity contribution is 0.522. The van der Waals surface area contributed by atoms with E-state index in [1.54, 1.807) is 0 Å². The van der Waals surface area contributed by atoms with Crippen LogP contribution in [0.15, 0.2) is 51.4 Å². The maximum Gasteiger partial charge on any atom is 0.134 e. The molecule has 21 heavy (non-hydrogen) atoms. The Labute approximate surface area is 133 Å². The monoisotopic (exact) mass is 343 g/mol. The average molecular weight is 344 g/mol. The summed E-state index contributed by atoms with van der Waals surface area (Å²) in [6.07, 6.45) is 0. The van der Waals surface area contributed by atoms with Crippen LogP contribution in [0.2, 0.25) is 0 Å². The maximum atomic E-state index is 6.03. The van der Waals surface area contributed by atoms with Crippen LogP contribution in [0.3, 0.4) is 0 Å². The van der Waals surface area contributed by atoms with Crippen molar-refractivity contribution in [3.63, 3.8) is 0 Å². The lowest BCUT2D eigenvalue weighted by atomic mass is 10.1. The Kier molecular flexibility index (Phi) is 3.77. The zero-order valence-corrected chi connectivity index (χ0v) is 14.0. The van der Waals surface area contributed by atoms with Crippen LogP contribution in [-0.2, 0) is 0 Å². The van der Waals surface area contributed by atoms with E-state index in [0.717, 1.165) is 21.5 Å². The average Bonchev–Trinajstić information content (AvgIpc) is 2.81. The highest BCUT2D eigenvalue weighted by molar-refractivity contribution is 9.10. The van der Waals surface area contributed by atoms with E-state index >= 15 is 0 Å². The summed E-state index contributed by atoms with van der Waals surface area (Å²) in [7, 11) is 0. The van der Waals surface area contributed by atoms with Crippen LogP contribution in [0.4, 0.5) is 5.69 Å². The zero-order chi connectivity index (χ0) is 15.0. The number of rotatable bonds is 3. The molecule has 0 aliphatic rings. The quantitative estimate of drug-likeness (QED) is 0.632. The lowest BCUT2D eigenvalue weighted by Gasteiger charge is -2.16. The molecule has 1 atom stereocenters. The van der Waals surface area contributed by atoms with Crippen molar-refractivity contribution in [3.05, 3.63) is 63.8 Å². The molecule has 1 heterocycles. The molecule has 0 fully saturated rings. The van der Waals surface area contributed by atoms with Crippen molar-refractivity contribution >= 4 is 32.6 Å². The largest absolute Gasteiger partial charge is 0.459 e. The van der Waals surface area contributed by atoms with E-state index in [-0.39, 0.29) is 6.04 Å². The van der Waals surface area contributed by atoms with Gasteiger partial charge in [-0.3, -0.25) is 0 Å². The molecule has 108 valence electrons. The van der Waals surface area contributed by atoms with Crippen molar-refractivity contribution in [2.45, 2.75) is 26.8 Å². The SMILES string of the molecule is Cc1ccc(Br)cc1NC(C)c1oc2ccccc2c1C. The van der Waals surface area contributed by atoms with Crippen LogP contribution < -0.4 is 5.32 Å². The van der Waals surface area contributed by atoms with Gasteiger partial charge in [0.05, 0.1) is 6.04 Å². The van der Waals surface area contributed by atoms with E-state index in [1.807, 2.05) is 18.2 Å². The molecule has 0 radical (unpaired) electrons. The first-order valence-electron chi connectivity index (χ1n) is 7.07. The van der Waals surface area contributed by atoms with E-state index in [9.17, 15) is 0 Å². The van der Waals surface area contributed by atoms with Crippen molar-refractivity contribution in [3.8, 4) is 0 Å². The highest BCUT2D eigenvalue weighted by atomic mass is 79.9. The van der Waals surface area contributed by atoms with Gasteiger partial charge in [-0.15, -0.1) is 0 Å². The van der Waals surface area contributed by atoms with Crippen LogP contribution in [0.25, 0.3) is 11.0 Å². The van der Waals surface area contributed by atoms with Crippen LogP contribution in [0.1, 0.15) is 29.9 Å². The van der Waals surface area contributed by atoms with Gasteiger partial charge >= 0.3 is 0 Å². The number of anilines is 1. The Bertz CT molecular complexity index is 791. The van der Waals surface area contributed by atoms with Gasteiger partial charge in [-0.1, -0.05) is 40.2 Å². The van der Waals surface area contributed by atoms with E-state index in [1.165, 1.54) is 16.5 Å². The van der Waals surface area contributed by atoms with Gasteiger partial charge in [0.25, 0.3) is 0 Å². The number of nitrogens with one attached hydrogen (secondary N) is 1. The van der Waals surface area contributed by atoms with E-state index < -0.39 is 0 Å². The third kappa shape index (κ3) is 2.70. The molecule has 3 aromatic rings. The number of fused-ring (bicyclic) bond motifs is 1. The summed E-state index contributed by atoms with van der Waals surface area (Å²) in [5.41, 5.74) is 4.50. The van der Waals surface area contributed by atoms with Crippen molar-refractivity contribution < 1.29 is 4.42 Å². The predicted molar refractivity (Wildman–Crippen MR) is 91.9 cm³/mol. The van der Waals surface area contributed by atoms with Gasteiger partial charge in [-0.25, -0.2) is 0 Å². The molecule has 1 unspecified atom stereocenters. The second kappa shape index (κ2) is 5.57. The second-order valence-corrected chi connectivity index (χ2v) is 6.33. The minimum Gasteiger partial charge on any atom is -0.459 e. The molecule has 0 amide bonds. The number of aryl methyl sites for hydroxylation is 2. The number of hydrogen-bond acceptors (Lipinski definition) is 2. The van der Waals surface area contributed by atoms with Crippen molar-refractivity contribution in [1.29, 1.82) is 0 Å². The van der Waals surface area contributed by atoms with Gasteiger partial charge in [0.2, 0.25) is 0 Å². The first-order chi connectivity index (χ1) is 10.1. The van der Waals surface area contributed by atoms with Crippen LogP contribution >= 0.6 is 15.9 Å². The maximum absolute atomic E-state index is 6.03. The molecular weight excluding hydrogens is 326 g/mol. The first-order valence-corrected chi connectivity index (χ1v) is 7.86. The van der Waals surface area contributed by atoms with Crippen molar-refractivity contribution in [2.24, 2.45) is 0 Å². The summed E-state index contributed by atoms with van der Waals surface area (Å²) in [5, 5.41) is 4.73. The summed E-state index contributed by atoms with van der Waals surface area (Å²) in [6.45, 7) is 6.35. The molecule has 2 nitrogen and oxygen atoms in total. The molecule has 1 aromatic heterocycles. The minimum absolute atomic E-state index is 0.116. The number of halogens is 1. The Hall–Kier alpha value is -1.74. The summed E-state index contributed by atoms with van der Waals surface area (Å²) in [5.74, 6) is 0.996. The lowest BCUT2D eigenvalue weighted by Crippen LogP contribution is -2.07. The molecule has 0 aliphatic carbocycles. The molecule has 3 heteroatoms. The first kappa shape index (κ1) is 14.2. The fraction of sp³-hybridized carbons (Fsp3) is 0.222. The van der Waals surface area contributed by atoms with E-state index in [0.29, 0.717) is 0 Å². The highest BCUT2D eigenvalue weighted by Crippen LogP contribution is 2.32. The number of furan rings is 1. The molecule has 0 bridgehead atoms. The predicted octanol–water partition coefficient (Wildman–Crippen LogP) is 5.99. The fourth-order valence-corrected chi connectivity index (χ4v) is 3.02. The van der Waals surface area contributed by atoms with Gasteiger partial charge in [-0.2, -0.15) is 0 Å². The van der Waals surface area contributed by atoms with Gasteiger partial charge in [0.1, 0.15) is 11.3 Å². The van der Waals surface area contributed by atoms with E-state index in [2.05, 4.69) is 66.3 Å². The molecule has 0 saturated heterocycles. The highest BCUT2D eigenvalue weighted by Gasteiger charge is 2.16. The minimum atomic E-state index is 0.116. The smallest absolute Gasteiger partial charge is 0.134 e. The third-order valence-electron chi connectivity index (χ3n) is 3.85. The molecular formula is C18H18BrNO. The Morgan fingerprint density at radius 3 is 2.62 bits per heavy atom. The second-order valence-electron chi connectivity index (χ2n) is 5.41. The fourth-order valence-electron chi connectivity index (χ4n) is 2.65. The normalized spacial score (nSPS) is 12.6. The molecule has 2 aromatic carbocycles. The third-order valence-corrected chi connectivity index (χ3v) is 4.34. The summed E-state index contributed by atoms with van der Waals surface area (Å²) < 4.78 is 7.10. The Balaban J connectivity index is 1.95. The van der Waals surface area contributed by atoms with Crippen LogP contribution in [-0.4, -0.2) is 0 Å². The topological polar surface area (TPSA) is 25.2 Å². The van der Waals surface area contributed by atoms with Gasteiger partial charge in [0, 0.05) is 21.1 Å². The van der Waals surface area contributed by atoms with Gasteiger partial charge in [0.15, 0.2) is 0 Å². The molecule has 1 N–H and O–H groups in total. The van der Waals surface area contributed by atoms with E-state index in [4.69, 9.17) is 4.42 Å². The Morgan fingerprint density at radius 2 is 1.86 bits per heavy atom. The van der Waals surface area contributed by atoms with Crippen LogP contribution in [0, 0.1) is 13.8 Å². The van der Waals surface area contributed by atoms with Crippen LogP contribution in [0.5, 0.6) is 0 Å². The summed E-state index contributed by atoms with van der Waals surface area (Å²) in [4.78, 5) is 0. The van der Waals surface area contributed by atoms with Crippen molar-refractivity contribution in [2.75, 3.05) is 5.32 Å². The summed E-state index contributed by atoms with van der Waals surface area (Å²) >= 11 is 3.52. The number of hydrogen-bond donors (Lipinski definition) is 1. The summed E-state index contributed by atoms with van der Waals surface area (Å²) in [6, 6.07) is 14.5. The van der Waals surface area contributed by atoms with Gasteiger partial charge in [-0.05, 0) is 44.5 Å². The molecule has 3 rings (SSSR count).